The summed E-state index contributed by atoms with van der Waals surface area (Å²) in [7, 11) is -1.51. The Morgan fingerprint density at radius 3 is 2.33 bits per heavy atom. The molecule has 0 fully saturated rings. The van der Waals surface area contributed by atoms with Gasteiger partial charge in [0.15, 0.2) is 6.01 Å². The average molecular weight is 187 g/mol. The molecule has 0 bridgehead atoms. The molecule has 4 heteroatoms. The van der Waals surface area contributed by atoms with Gasteiger partial charge in [0.25, 0.3) is 0 Å². The number of alkyl halides is 1. The molecular weight excluding hydrogens is 177 g/mol. The highest BCUT2D eigenvalue weighted by molar-refractivity contribution is 7.84. The lowest BCUT2D eigenvalue weighted by Gasteiger charge is -1.98. The van der Waals surface area contributed by atoms with E-state index >= 15 is 0 Å². The van der Waals surface area contributed by atoms with Crippen LogP contribution in [0, 0.1) is 0 Å². The maximum absolute atomic E-state index is 11.9. The van der Waals surface area contributed by atoms with E-state index in [-0.39, 0.29) is 0 Å². The molecule has 0 amide bonds. The summed E-state index contributed by atoms with van der Waals surface area (Å²) in [4.78, 5) is 0.509. The van der Waals surface area contributed by atoms with Gasteiger partial charge in [-0.3, -0.25) is 4.21 Å². The Kier molecular flexibility index (Phi) is 3.37. The van der Waals surface area contributed by atoms with Gasteiger partial charge in [0, 0.05) is 11.4 Å². The zero-order valence-electron chi connectivity index (χ0n) is 6.50. The second-order valence-corrected chi connectivity index (χ2v) is 3.68. The number of nitrogens with two attached hydrogens (primary N) is 1. The van der Waals surface area contributed by atoms with Crippen LogP contribution in [-0.2, 0) is 17.3 Å². The van der Waals surface area contributed by atoms with Crippen LogP contribution >= 0.6 is 0 Å². The molecule has 0 saturated heterocycles. The number of rotatable bonds is 3. The Bertz CT molecular complexity index is 273. The Balaban J connectivity index is 2.84. The second-order valence-electron chi connectivity index (χ2n) is 2.30. The van der Waals surface area contributed by atoms with E-state index in [1.54, 1.807) is 24.3 Å². The fourth-order valence-electron chi connectivity index (χ4n) is 0.840. The molecule has 0 aliphatic rings. The van der Waals surface area contributed by atoms with Crippen LogP contribution in [0.4, 0.5) is 4.39 Å². The highest BCUT2D eigenvalue weighted by Gasteiger charge is 2.01. The van der Waals surface area contributed by atoms with Gasteiger partial charge in [-0.2, -0.15) is 0 Å². The molecule has 1 rings (SSSR count). The molecule has 66 valence electrons. The third kappa shape index (κ3) is 2.12. The number of hydrogen-bond donors (Lipinski definition) is 1. The van der Waals surface area contributed by atoms with Crippen LogP contribution in [0.25, 0.3) is 0 Å². The van der Waals surface area contributed by atoms with Gasteiger partial charge in [0.2, 0.25) is 0 Å². The first-order chi connectivity index (χ1) is 5.77. The van der Waals surface area contributed by atoms with Gasteiger partial charge < -0.3 is 5.73 Å². The summed E-state index contributed by atoms with van der Waals surface area (Å²) in [6, 6.07) is 5.95. The monoisotopic (exact) mass is 187 g/mol. The van der Waals surface area contributed by atoms with Crippen molar-refractivity contribution < 1.29 is 8.60 Å². The van der Waals surface area contributed by atoms with E-state index in [1.807, 2.05) is 0 Å². The summed E-state index contributed by atoms with van der Waals surface area (Å²) in [6.07, 6.45) is 0. The minimum Gasteiger partial charge on any atom is -0.326 e. The minimum atomic E-state index is -1.51. The third-order valence-corrected chi connectivity index (χ3v) is 2.52. The molecule has 12 heavy (non-hydrogen) atoms. The molecule has 2 N–H and O–H groups in total. The van der Waals surface area contributed by atoms with Crippen molar-refractivity contribution in [2.24, 2.45) is 5.73 Å². The summed E-state index contributed by atoms with van der Waals surface area (Å²) in [5.74, 6) is 0. The van der Waals surface area contributed by atoms with Crippen LogP contribution in [0.2, 0.25) is 0 Å². The van der Waals surface area contributed by atoms with E-state index in [1.165, 1.54) is 0 Å². The van der Waals surface area contributed by atoms with E-state index in [4.69, 9.17) is 5.73 Å². The van der Waals surface area contributed by atoms with Crippen LogP contribution < -0.4 is 5.73 Å². The molecule has 0 saturated carbocycles. The van der Waals surface area contributed by atoms with Crippen LogP contribution in [0.3, 0.4) is 0 Å². The lowest BCUT2D eigenvalue weighted by Crippen LogP contribution is -1.97. The molecule has 0 heterocycles. The van der Waals surface area contributed by atoms with Crippen molar-refractivity contribution in [1.82, 2.24) is 0 Å². The first-order valence-electron chi connectivity index (χ1n) is 3.51. The zero-order valence-corrected chi connectivity index (χ0v) is 7.31. The van der Waals surface area contributed by atoms with E-state index in [0.29, 0.717) is 11.4 Å². The van der Waals surface area contributed by atoms with E-state index in [0.717, 1.165) is 5.56 Å². The van der Waals surface area contributed by atoms with Crippen molar-refractivity contribution in [3.8, 4) is 0 Å². The summed E-state index contributed by atoms with van der Waals surface area (Å²) < 4.78 is 22.8. The van der Waals surface area contributed by atoms with E-state index < -0.39 is 16.8 Å². The van der Waals surface area contributed by atoms with Gasteiger partial charge in [-0.1, -0.05) is 12.1 Å². The second kappa shape index (κ2) is 4.33. The average Bonchev–Trinajstić information content (AvgIpc) is 2.17. The maximum Gasteiger partial charge on any atom is 0.169 e. The fraction of sp³-hybridized carbons (Fsp3) is 0.250. The highest BCUT2D eigenvalue weighted by Crippen LogP contribution is 2.08. The molecule has 0 spiro atoms. The van der Waals surface area contributed by atoms with Gasteiger partial charge in [0.05, 0.1) is 10.8 Å². The Hall–Kier alpha value is -0.740. The van der Waals surface area contributed by atoms with E-state index in [9.17, 15) is 8.60 Å². The highest BCUT2D eigenvalue weighted by atomic mass is 32.2. The van der Waals surface area contributed by atoms with Crippen LogP contribution in [0.1, 0.15) is 5.56 Å². The number of hydrogen-bond acceptors (Lipinski definition) is 2. The molecule has 1 aromatic rings. The lowest BCUT2D eigenvalue weighted by atomic mass is 10.2. The first kappa shape index (κ1) is 9.35. The van der Waals surface area contributed by atoms with Crippen molar-refractivity contribution in [3.05, 3.63) is 29.8 Å². The van der Waals surface area contributed by atoms with Gasteiger partial charge >= 0.3 is 0 Å². The molecule has 0 radical (unpaired) electrons. The SMILES string of the molecule is NCc1ccc(S(=O)CF)cc1. The lowest BCUT2D eigenvalue weighted by molar-refractivity contribution is 0.580. The predicted molar refractivity (Wildman–Crippen MR) is 46.7 cm³/mol. The summed E-state index contributed by atoms with van der Waals surface area (Å²) in [6.45, 7) is 0.447. The topological polar surface area (TPSA) is 43.1 Å². The van der Waals surface area contributed by atoms with Crippen molar-refractivity contribution in [2.45, 2.75) is 11.4 Å². The summed E-state index contributed by atoms with van der Waals surface area (Å²) in [5, 5.41) is 0. The van der Waals surface area contributed by atoms with Crippen molar-refractivity contribution >= 4 is 10.8 Å². The Labute approximate surface area is 73.0 Å². The molecule has 0 aliphatic carbocycles. The van der Waals surface area contributed by atoms with Crippen molar-refractivity contribution in [2.75, 3.05) is 6.01 Å². The summed E-state index contributed by atoms with van der Waals surface area (Å²) in [5.41, 5.74) is 6.31. The quantitative estimate of drug-likeness (QED) is 0.772. The molecule has 2 nitrogen and oxygen atoms in total. The number of benzene rings is 1. The normalized spacial score (nSPS) is 12.8. The summed E-state index contributed by atoms with van der Waals surface area (Å²) >= 11 is 0. The Morgan fingerprint density at radius 1 is 1.33 bits per heavy atom. The fourth-order valence-corrected chi connectivity index (χ4v) is 1.41. The van der Waals surface area contributed by atoms with E-state index in [2.05, 4.69) is 0 Å². The molecule has 1 atom stereocenters. The maximum atomic E-state index is 11.9. The van der Waals surface area contributed by atoms with Gasteiger partial charge in [-0.05, 0) is 17.7 Å². The Morgan fingerprint density at radius 2 is 1.92 bits per heavy atom. The molecule has 1 aromatic carbocycles. The van der Waals surface area contributed by atoms with Crippen LogP contribution in [0.5, 0.6) is 0 Å². The van der Waals surface area contributed by atoms with Gasteiger partial charge in [-0.15, -0.1) is 0 Å². The first-order valence-corrected chi connectivity index (χ1v) is 4.83. The number of halogens is 1. The smallest absolute Gasteiger partial charge is 0.169 e. The molecular formula is C8H10FNOS. The molecule has 0 aromatic heterocycles. The zero-order chi connectivity index (χ0) is 8.97. The predicted octanol–water partition coefficient (Wildman–Crippen LogP) is 1.18. The standard InChI is InChI=1S/C8H10FNOS/c9-6-12(11)8-3-1-7(5-10)2-4-8/h1-4H,5-6,10H2. The minimum absolute atomic E-state index is 0.447. The van der Waals surface area contributed by atoms with Crippen LogP contribution in [-0.4, -0.2) is 10.2 Å². The third-order valence-electron chi connectivity index (χ3n) is 1.52. The van der Waals surface area contributed by atoms with Crippen molar-refractivity contribution in [3.63, 3.8) is 0 Å². The van der Waals surface area contributed by atoms with Gasteiger partial charge in [0.1, 0.15) is 0 Å². The molecule has 0 aliphatic heterocycles. The van der Waals surface area contributed by atoms with Crippen LogP contribution in [0.15, 0.2) is 29.2 Å². The molecule has 1 unspecified atom stereocenters. The van der Waals surface area contributed by atoms with Crippen molar-refractivity contribution in [1.29, 1.82) is 0 Å². The van der Waals surface area contributed by atoms with Gasteiger partial charge in [-0.25, -0.2) is 4.39 Å². The largest absolute Gasteiger partial charge is 0.326 e.